The summed E-state index contributed by atoms with van der Waals surface area (Å²) in [5.74, 6) is 0. The van der Waals surface area contributed by atoms with E-state index in [-0.39, 0.29) is 6.04 Å². The summed E-state index contributed by atoms with van der Waals surface area (Å²) in [4.78, 5) is 0. The second kappa shape index (κ2) is 3.21. The van der Waals surface area contributed by atoms with Gasteiger partial charge in [0.05, 0.1) is 6.04 Å². The van der Waals surface area contributed by atoms with Gasteiger partial charge in [0, 0.05) is 0 Å². The Morgan fingerprint density at radius 2 is 2.50 bits per heavy atom. The summed E-state index contributed by atoms with van der Waals surface area (Å²) in [6, 6.07) is -0.0694. The van der Waals surface area contributed by atoms with Crippen LogP contribution in [0.15, 0.2) is 0 Å². The van der Waals surface area contributed by atoms with Gasteiger partial charge in [-0.1, -0.05) is 12.2 Å². The van der Waals surface area contributed by atoms with Crippen LogP contribution in [0.4, 0.5) is 0 Å². The Morgan fingerprint density at radius 3 is 2.50 bits per heavy atom. The standard InChI is InChI=1S/C3H7NOS/c1-3(2-6)4-5/h2-5H,1H3. The highest BCUT2D eigenvalue weighted by molar-refractivity contribution is 7.79. The summed E-state index contributed by atoms with van der Waals surface area (Å²) in [5, 5.41) is 9.43. The topological polar surface area (TPSA) is 32.3 Å². The highest BCUT2D eigenvalue weighted by Gasteiger charge is 1.85. The van der Waals surface area contributed by atoms with Crippen LogP contribution in [0, 0.1) is 0 Å². The maximum absolute atomic E-state index is 7.99. The first-order chi connectivity index (χ1) is 2.81. The molecule has 6 heavy (non-hydrogen) atoms. The Kier molecular flexibility index (Phi) is 3.21. The van der Waals surface area contributed by atoms with E-state index in [4.69, 9.17) is 5.21 Å². The Bertz CT molecular complexity index is 48.1. The first kappa shape index (κ1) is 6.01. The number of thiocarbonyl (C=S) groups is 1. The van der Waals surface area contributed by atoms with E-state index in [1.54, 1.807) is 6.92 Å². The van der Waals surface area contributed by atoms with Crippen molar-refractivity contribution in [2.24, 2.45) is 0 Å². The number of hydroxylamine groups is 1. The third-order valence-electron chi connectivity index (χ3n) is 0.408. The summed E-state index contributed by atoms with van der Waals surface area (Å²) in [6.07, 6.45) is 0. The smallest absolute Gasteiger partial charge is 0.0573 e. The SMILES string of the molecule is CC(C=S)NO. The lowest BCUT2D eigenvalue weighted by Crippen LogP contribution is -2.21. The zero-order chi connectivity index (χ0) is 4.99. The molecule has 0 heterocycles. The Hall–Kier alpha value is 0.0100. The van der Waals surface area contributed by atoms with E-state index in [1.807, 2.05) is 5.48 Å². The lowest BCUT2D eigenvalue weighted by Gasteiger charge is -1.95. The van der Waals surface area contributed by atoms with Crippen molar-refractivity contribution < 1.29 is 5.21 Å². The van der Waals surface area contributed by atoms with Gasteiger partial charge in [-0.2, -0.15) is 5.48 Å². The Balaban J connectivity index is 2.96. The second-order valence-electron chi connectivity index (χ2n) is 1.05. The molecular formula is C3H7NOS. The van der Waals surface area contributed by atoms with Crippen molar-refractivity contribution in [1.82, 2.24) is 5.48 Å². The van der Waals surface area contributed by atoms with E-state index in [0.717, 1.165) is 0 Å². The van der Waals surface area contributed by atoms with E-state index in [9.17, 15) is 0 Å². The quantitative estimate of drug-likeness (QED) is 0.392. The molecule has 0 saturated carbocycles. The van der Waals surface area contributed by atoms with E-state index < -0.39 is 0 Å². The van der Waals surface area contributed by atoms with Crippen molar-refractivity contribution in [2.45, 2.75) is 13.0 Å². The molecule has 0 aromatic heterocycles. The summed E-state index contributed by atoms with van der Waals surface area (Å²) in [7, 11) is 0. The molecule has 0 aliphatic carbocycles. The molecule has 0 radical (unpaired) electrons. The van der Waals surface area contributed by atoms with Crippen molar-refractivity contribution in [1.29, 1.82) is 0 Å². The van der Waals surface area contributed by atoms with Gasteiger partial charge >= 0.3 is 0 Å². The van der Waals surface area contributed by atoms with Crippen molar-refractivity contribution in [2.75, 3.05) is 0 Å². The summed E-state index contributed by atoms with van der Waals surface area (Å²) < 4.78 is 0. The largest absolute Gasteiger partial charge is 0.316 e. The van der Waals surface area contributed by atoms with Crippen LogP contribution in [0.2, 0.25) is 0 Å². The molecule has 0 aromatic carbocycles. The predicted octanol–water partition coefficient (Wildman–Crippen LogP) is 0.353. The molecular weight excluding hydrogens is 98.1 g/mol. The molecule has 2 nitrogen and oxygen atoms in total. The molecule has 3 heteroatoms. The minimum Gasteiger partial charge on any atom is -0.316 e. The van der Waals surface area contributed by atoms with Gasteiger partial charge in [-0.3, -0.25) is 0 Å². The average Bonchev–Trinajstić information content (AvgIpc) is 1.65. The normalized spacial score (nSPS) is 13.7. The number of hydrogen-bond acceptors (Lipinski definition) is 3. The summed E-state index contributed by atoms with van der Waals surface area (Å²) in [6.45, 7) is 1.76. The maximum Gasteiger partial charge on any atom is 0.0573 e. The van der Waals surface area contributed by atoms with Crippen LogP contribution < -0.4 is 5.48 Å². The minimum absolute atomic E-state index is 0.0694. The number of nitrogens with one attached hydrogen (secondary N) is 1. The zero-order valence-electron chi connectivity index (χ0n) is 3.51. The fourth-order valence-electron chi connectivity index (χ4n) is 0.0304. The van der Waals surface area contributed by atoms with Crippen molar-refractivity contribution in [3.8, 4) is 0 Å². The third-order valence-corrected chi connectivity index (χ3v) is 0.816. The van der Waals surface area contributed by atoms with Crippen molar-refractivity contribution >= 4 is 17.6 Å². The van der Waals surface area contributed by atoms with Gasteiger partial charge in [-0.15, -0.1) is 0 Å². The van der Waals surface area contributed by atoms with Gasteiger partial charge in [-0.05, 0) is 12.3 Å². The summed E-state index contributed by atoms with van der Waals surface area (Å²) >= 11 is 4.43. The molecule has 2 N–H and O–H groups in total. The molecule has 0 aliphatic rings. The molecule has 1 unspecified atom stereocenters. The van der Waals surface area contributed by atoms with E-state index in [0.29, 0.717) is 0 Å². The zero-order valence-corrected chi connectivity index (χ0v) is 4.33. The van der Waals surface area contributed by atoms with E-state index >= 15 is 0 Å². The van der Waals surface area contributed by atoms with E-state index in [2.05, 4.69) is 12.2 Å². The highest BCUT2D eigenvalue weighted by Crippen LogP contribution is 1.67. The Labute approximate surface area is 42.1 Å². The minimum atomic E-state index is -0.0694. The maximum atomic E-state index is 7.99. The monoisotopic (exact) mass is 105 g/mol. The third kappa shape index (κ3) is 2.26. The molecule has 0 aliphatic heterocycles. The van der Waals surface area contributed by atoms with Gasteiger partial charge in [0.15, 0.2) is 0 Å². The average molecular weight is 105 g/mol. The van der Waals surface area contributed by atoms with Gasteiger partial charge in [-0.25, -0.2) is 0 Å². The van der Waals surface area contributed by atoms with Crippen LogP contribution in [0.1, 0.15) is 6.92 Å². The fourth-order valence-corrected chi connectivity index (χ4v) is 0.0913. The molecule has 0 aromatic rings. The van der Waals surface area contributed by atoms with Gasteiger partial charge in [0.2, 0.25) is 0 Å². The second-order valence-corrected chi connectivity index (χ2v) is 1.33. The Morgan fingerprint density at radius 1 is 2.00 bits per heavy atom. The van der Waals surface area contributed by atoms with Crippen molar-refractivity contribution in [3.05, 3.63) is 0 Å². The van der Waals surface area contributed by atoms with Gasteiger partial charge in [0.1, 0.15) is 0 Å². The highest BCUT2D eigenvalue weighted by atomic mass is 32.1. The van der Waals surface area contributed by atoms with Crippen LogP contribution in [0.25, 0.3) is 0 Å². The van der Waals surface area contributed by atoms with E-state index in [1.165, 1.54) is 5.37 Å². The molecule has 0 fully saturated rings. The van der Waals surface area contributed by atoms with Gasteiger partial charge < -0.3 is 5.21 Å². The lowest BCUT2D eigenvalue weighted by atomic mass is 10.4. The number of hydrogen-bond donors (Lipinski definition) is 2. The number of rotatable bonds is 2. The van der Waals surface area contributed by atoms with Crippen LogP contribution in [0.3, 0.4) is 0 Å². The molecule has 0 saturated heterocycles. The van der Waals surface area contributed by atoms with Crippen LogP contribution in [-0.4, -0.2) is 16.6 Å². The molecule has 1 atom stereocenters. The van der Waals surface area contributed by atoms with Crippen LogP contribution >= 0.6 is 12.2 Å². The molecule has 0 rings (SSSR count). The first-order valence-corrected chi connectivity index (χ1v) is 2.13. The van der Waals surface area contributed by atoms with Crippen LogP contribution in [0.5, 0.6) is 0 Å². The van der Waals surface area contributed by atoms with Crippen molar-refractivity contribution in [3.63, 3.8) is 0 Å². The summed E-state index contributed by atoms with van der Waals surface area (Å²) in [5.41, 5.74) is 1.95. The lowest BCUT2D eigenvalue weighted by molar-refractivity contribution is 0.157. The predicted molar refractivity (Wildman–Crippen MR) is 28.0 cm³/mol. The molecule has 36 valence electrons. The molecule has 0 spiro atoms. The van der Waals surface area contributed by atoms with Crippen LogP contribution in [-0.2, 0) is 0 Å². The molecule has 0 bridgehead atoms. The molecule has 0 amide bonds. The fraction of sp³-hybridized carbons (Fsp3) is 0.667. The van der Waals surface area contributed by atoms with Gasteiger partial charge in [0.25, 0.3) is 0 Å². The first-order valence-electron chi connectivity index (χ1n) is 1.66.